The highest BCUT2D eigenvalue weighted by molar-refractivity contribution is 6.31. The predicted molar refractivity (Wildman–Crippen MR) is 108 cm³/mol. The molecule has 5 rings (SSSR count). The smallest absolute Gasteiger partial charge is 0.231 e. The summed E-state index contributed by atoms with van der Waals surface area (Å²) in [6.45, 7) is 2.31. The van der Waals surface area contributed by atoms with E-state index in [1.54, 1.807) is 0 Å². The molecule has 0 spiro atoms. The number of amides is 1. The Bertz CT molecular complexity index is 1090. The summed E-state index contributed by atoms with van der Waals surface area (Å²) in [5, 5.41) is 5.13. The van der Waals surface area contributed by atoms with Crippen molar-refractivity contribution in [1.29, 1.82) is 0 Å². The first-order valence-electron chi connectivity index (χ1n) is 9.54. The minimum absolute atomic E-state index is 0.0290. The summed E-state index contributed by atoms with van der Waals surface area (Å²) >= 11 is 6.27. The zero-order valence-electron chi connectivity index (χ0n) is 15.6. The SMILES string of the molecule is Cc1cc(Cl)cc2c3c([nH]c12)CC[C@H](NC(=O)Cc1ccc2c(c1)OCO2)C3. The maximum Gasteiger partial charge on any atom is 0.231 e. The standard InChI is InChI=1S/C22H21ClN2O3/c1-12-6-14(23)9-17-16-10-15(3-4-18(16)25-22(12)17)24-21(26)8-13-2-5-19-20(7-13)28-11-27-19/h2,5-7,9,15,25H,3-4,8,10-11H2,1H3,(H,24,26)/t15-/m0/s1. The Kier molecular flexibility index (Phi) is 4.20. The van der Waals surface area contributed by atoms with Crippen LogP contribution in [0.3, 0.4) is 0 Å². The van der Waals surface area contributed by atoms with Gasteiger partial charge in [0.1, 0.15) is 0 Å². The van der Waals surface area contributed by atoms with Crippen molar-refractivity contribution < 1.29 is 14.3 Å². The molecule has 0 saturated heterocycles. The van der Waals surface area contributed by atoms with Crippen LogP contribution in [0.5, 0.6) is 11.5 Å². The van der Waals surface area contributed by atoms with Crippen molar-refractivity contribution in [3.05, 3.63) is 57.7 Å². The number of fused-ring (bicyclic) bond motifs is 4. The Morgan fingerprint density at radius 2 is 2.11 bits per heavy atom. The number of hydrogen-bond donors (Lipinski definition) is 2. The van der Waals surface area contributed by atoms with Gasteiger partial charge in [0.05, 0.1) is 6.42 Å². The molecule has 0 fully saturated rings. The van der Waals surface area contributed by atoms with E-state index in [9.17, 15) is 4.79 Å². The van der Waals surface area contributed by atoms with Crippen molar-refractivity contribution in [2.45, 2.75) is 38.6 Å². The van der Waals surface area contributed by atoms with Crippen molar-refractivity contribution in [1.82, 2.24) is 10.3 Å². The lowest BCUT2D eigenvalue weighted by Gasteiger charge is -2.23. The van der Waals surface area contributed by atoms with Crippen LogP contribution in [0, 0.1) is 6.92 Å². The second-order valence-electron chi connectivity index (χ2n) is 7.60. The van der Waals surface area contributed by atoms with Crippen LogP contribution >= 0.6 is 11.6 Å². The van der Waals surface area contributed by atoms with Crippen LogP contribution in [0.2, 0.25) is 5.02 Å². The molecule has 5 nitrogen and oxygen atoms in total. The largest absolute Gasteiger partial charge is 0.454 e. The fourth-order valence-corrected chi connectivity index (χ4v) is 4.56. The highest BCUT2D eigenvalue weighted by Gasteiger charge is 2.24. The quantitative estimate of drug-likeness (QED) is 0.701. The van der Waals surface area contributed by atoms with E-state index < -0.39 is 0 Å². The second-order valence-corrected chi connectivity index (χ2v) is 8.04. The minimum Gasteiger partial charge on any atom is -0.454 e. The third kappa shape index (κ3) is 3.10. The molecule has 2 heterocycles. The molecular weight excluding hydrogens is 376 g/mol. The highest BCUT2D eigenvalue weighted by atomic mass is 35.5. The lowest BCUT2D eigenvalue weighted by atomic mass is 9.91. The summed E-state index contributed by atoms with van der Waals surface area (Å²) in [5.74, 6) is 1.47. The van der Waals surface area contributed by atoms with Crippen LogP contribution in [0.25, 0.3) is 10.9 Å². The molecule has 2 aliphatic rings. The number of benzene rings is 2. The summed E-state index contributed by atoms with van der Waals surface area (Å²) in [7, 11) is 0. The maximum absolute atomic E-state index is 12.6. The first-order valence-corrected chi connectivity index (χ1v) is 9.92. The summed E-state index contributed by atoms with van der Waals surface area (Å²) in [5.41, 5.74) is 5.77. The lowest BCUT2D eigenvalue weighted by molar-refractivity contribution is -0.121. The fraction of sp³-hybridized carbons (Fsp3) is 0.318. The molecule has 1 amide bonds. The third-order valence-electron chi connectivity index (χ3n) is 5.63. The molecule has 28 heavy (non-hydrogen) atoms. The van der Waals surface area contributed by atoms with E-state index in [2.05, 4.69) is 17.2 Å². The Balaban J connectivity index is 1.30. The Hall–Kier alpha value is -2.66. The Labute approximate surface area is 168 Å². The normalized spacial score (nSPS) is 17.6. The summed E-state index contributed by atoms with van der Waals surface area (Å²) in [6, 6.07) is 9.79. The van der Waals surface area contributed by atoms with E-state index in [0.29, 0.717) is 12.2 Å². The number of aromatic amines is 1. The summed E-state index contributed by atoms with van der Waals surface area (Å²) in [4.78, 5) is 16.1. The molecule has 1 aromatic heterocycles. The molecule has 0 saturated carbocycles. The highest BCUT2D eigenvalue weighted by Crippen LogP contribution is 2.34. The van der Waals surface area contributed by atoms with Crippen LogP contribution in [0.15, 0.2) is 30.3 Å². The average molecular weight is 397 g/mol. The maximum atomic E-state index is 12.6. The van der Waals surface area contributed by atoms with Gasteiger partial charge < -0.3 is 19.8 Å². The topological polar surface area (TPSA) is 63.4 Å². The molecule has 2 aromatic carbocycles. The number of carbonyl (C=O) groups excluding carboxylic acids is 1. The van der Waals surface area contributed by atoms with E-state index in [1.807, 2.05) is 30.3 Å². The average Bonchev–Trinajstić information content (AvgIpc) is 3.26. The molecule has 1 atom stereocenters. The van der Waals surface area contributed by atoms with Gasteiger partial charge >= 0.3 is 0 Å². The van der Waals surface area contributed by atoms with Crippen molar-refractivity contribution in [2.75, 3.05) is 6.79 Å². The number of aromatic nitrogens is 1. The van der Waals surface area contributed by atoms with E-state index in [4.69, 9.17) is 21.1 Å². The number of H-pyrrole nitrogens is 1. The van der Waals surface area contributed by atoms with Gasteiger partial charge in [-0.3, -0.25) is 4.79 Å². The van der Waals surface area contributed by atoms with E-state index >= 15 is 0 Å². The second kappa shape index (κ2) is 6.74. The fourth-order valence-electron chi connectivity index (χ4n) is 4.29. The van der Waals surface area contributed by atoms with Gasteiger partial charge in [-0.15, -0.1) is 0 Å². The van der Waals surface area contributed by atoms with E-state index in [0.717, 1.165) is 46.7 Å². The van der Waals surface area contributed by atoms with Crippen molar-refractivity contribution in [3.63, 3.8) is 0 Å². The van der Waals surface area contributed by atoms with Gasteiger partial charge in [-0.2, -0.15) is 0 Å². The summed E-state index contributed by atoms with van der Waals surface area (Å²) in [6.07, 6.45) is 3.01. The summed E-state index contributed by atoms with van der Waals surface area (Å²) < 4.78 is 10.7. The first kappa shape index (κ1) is 17.4. The molecule has 0 radical (unpaired) electrons. The van der Waals surface area contributed by atoms with Gasteiger partial charge in [-0.1, -0.05) is 17.7 Å². The number of ether oxygens (including phenoxy) is 2. The van der Waals surface area contributed by atoms with Crippen LogP contribution in [-0.4, -0.2) is 23.7 Å². The van der Waals surface area contributed by atoms with Gasteiger partial charge in [0.2, 0.25) is 12.7 Å². The molecule has 3 aromatic rings. The molecule has 1 aliphatic heterocycles. The van der Waals surface area contributed by atoms with Crippen molar-refractivity contribution in [3.8, 4) is 11.5 Å². The van der Waals surface area contributed by atoms with Crippen molar-refractivity contribution in [2.24, 2.45) is 0 Å². The monoisotopic (exact) mass is 396 g/mol. The van der Waals surface area contributed by atoms with Gasteiger partial charge in [-0.25, -0.2) is 0 Å². The van der Waals surface area contributed by atoms with Crippen LogP contribution < -0.4 is 14.8 Å². The van der Waals surface area contributed by atoms with Crippen LogP contribution in [-0.2, 0) is 24.1 Å². The van der Waals surface area contributed by atoms with E-state index in [-0.39, 0.29) is 18.7 Å². The number of hydrogen-bond acceptors (Lipinski definition) is 3. The molecule has 1 aliphatic carbocycles. The number of nitrogens with one attached hydrogen (secondary N) is 2. The molecule has 6 heteroatoms. The van der Waals surface area contributed by atoms with Crippen molar-refractivity contribution >= 4 is 28.4 Å². The zero-order chi connectivity index (χ0) is 19.3. The van der Waals surface area contributed by atoms with E-state index in [1.165, 1.54) is 16.6 Å². The van der Waals surface area contributed by atoms with Gasteiger partial charge in [-0.05, 0) is 67.1 Å². The molecule has 144 valence electrons. The lowest BCUT2D eigenvalue weighted by Crippen LogP contribution is -2.39. The number of carbonyl (C=O) groups is 1. The van der Waals surface area contributed by atoms with Gasteiger partial charge in [0, 0.05) is 27.7 Å². The predicted octanol–water partition coefficient (Wildman–Crippen LogP) is 4.07. The third-order valence-corrected chi connectivity index (χ3v) is 5.84. The molecule has 2 N–H and O–H groups in total. The number of aryl methyl sites for hydroxylation is 2. The van der Waals surface area contributed by atoms with Gasteiger partial charge in [0.25, 0.3) is 0 Å². The molecule has 0 unspecified atom stereocenters. The van der Waals surface area contributed by atoms with Gasteiger partial charge in [0.15, 0.2) is 11.5 Å². The number of halogens is 1. The Morgan fingerprint density at radius 3 is 3.00 bits per heavy atom. The minimum atomic E-state index is 0.0290. The first-order chi connectivity index (χ1) is 13.6. The zero-order valence-corrected chi connectivity index (χ0v) is 16.4. The van der Waals surface area contributed by atoms with Crippen LogP contribution in [0.1, 0.15) is 28.8 Å². The number of rotatable bonds is 3. The molecular formula is C22H21ClN2O3. The van der Waals surface area contributed by atoms with Crippen LogP contribution in [0.4, 0.5) is 0 Å². The Morgan fingerprint density at radius 1 is 1.25 bits per heavy atom. The molecule has 0 bridgehead atoms.